The average Bonchev–Trinajstić information content (AvgIpc) is 2.04. The Hall–Kier alpha value is -0.650. The Morgan fingerprint density at radius 3 is 2.00 bits per heavy atom. The molecule has 5 nitrogen and oxygen atoms in total. The standard InChI is InChI=1S/C9H20N2O3/c1-6(2)11-9(3,7(10)12)8(13-4)14-5/h6,8,11H,1-5H3,(H2,10,12). The van der Waals surface area contributed by atoms with E-state index < -0.39 is 17.7 Å². The van der Waals surface area contributed by atoms with Crippen molar-refractivity contribution in [2.75, 3.05) is 14.2 Å². The maximum atomic E-state index is 11.3. The molecule has 0 rings (SSSR count). The van der Waals surface area contributed by atoms with Gasteiger partial charge in [-0.2, -0.15) is 0 Å². The number of amides is 1. The van der Waals surface area contributed by atoms with Crippen molar-refractivity contribution in [2.24, 2.45) is 5.73 Å². The topological polar surface area (TPSA) is 73.6 Å². The first kappa shape index (κ1) is 13.4. The molecule has 0 radical (unpaired) electrons. The molecular weight excluding hydrogens is 184 g/mol. The minimum absolute atomic E-state index is 0.111. The van der Waals surface area contributed by atoms with Crippen LogP contribution in [0.2, 0.25) is 0 Å². The molecule has 1 amide bonds. The molecule has 0 aliphatic heterocycles. The van der Waals surface area contributed by atoms with Crippen molar-refractivity contribution < 1.29 is 14.3 Å². The molecule has 0 aliphatic rings. The Morgan fingerprint density at radius 1 is 1.36 bits per heavy atom. The van der Waals surface area contributed by atoms with Gasteiger partial charge in [0.1, 0.15) is 5.54 Å². The first-order chi connectivity index (χ1) is 6.38. The molecule has 0 fully saturated rings. The number of hydrogen-bond acceptors (Lipinski definition) is 4. The second-order valence-corrected chi connectivity index (χ2v) is 3.67. The van der Waals surface area contributed by atoms with Crippen molar-refractivity contribution >= 4 is 5.91 Å². The first-order valence-corrected chi connectivity index (χ1v) is 4.51. The Kier molecular flexibility index (Phi) is 5.04. The van der Waals surface area contributed by atoms with Crippen LogP contribution in [0.25, 0.3) is 0 Å². The number of carbonyl (C=O) groups is 1. The van der Waals surface area contributed by atoms with Crippen LogP contribution in [0.4, 0.5) is 0 Å². The summed E-state index contributed by atoms with van der Waals surface area (Å²) in [5.74, 6) is -0.500. The van der Waals surface area contributed by atoms with Gasteiger partial charge < -0.3 is 15.2 Å². The molecule has 1 unspecified atom stereocenters. The van der Waals surface area contributed by atoms with E-state index in [-0.39, 0.29) is 6.04 Å². The SMILES string of the molecule is COC(OC)C(C)(NC(C)C)C(N)=O. The molecule has 0 saturated heterocycles. The van der Waals surface area contributed by atoms with E-state index in [1.54, 1.807) is 6.92 Å². The minimum atomic E-state index is -1.02. The monoisotopic (exact) mass is 204 g/mol. The third kappa shape index (κ3) is 2.94. The minimum Gasteiger partial charge on any atom is -0.368 e. The van der Waals surface area contributed by atoms with E-state index in [0.29, 0.717) is 0 Å². The zero-order valence-electron chi connectivity index (χ0n) is 9.46. The van der Waals surface area contributed by atoms with E-state index in [2.05, 4.69) is 5.32 Å². The summed E-state index contributed by atoms with van der Waals surface area (Å²) in [4.78, 5) is 11.3. The van der Waals surface area contributed by atoms with Gasteiger partial charge in [0.2, 0.25) is 5.91 Å². The molecule has 0 aromatic rings. The smallest absolute Gasteiger partial charge is 0.242 e. The lowest BCUT2D eigenvalue weighted by Gasteiger charge is -2.35. The van der Waals surface area contributed by atoms with Gasteiger partial charge in [0, 0.05) is 20.3 Å². The Labute approximate surface area is 84.9 Å². The highest BCUT2D eigenvalue weighted by Crippen LogP contribution is 2.14. The van der Waals surface area contributed by atoms with E-state index in [9.17, 15) is 4.79 Å². The molecule has 0 saturated carbocycles. The van der Waals surface area contributed by atoms with Crippen LogP contribution in [-0.4, -0.2) is 38.0 Å². The molecule has 0 heterocycles. The zero-order valence-corrected chi connectivity index (χ0v) is 9.46. The van der Waals surface area contributed by atoms with Crippen molar-refractivity contribution in [1.82, 2.24) is 5.32 Å². The summed E-state index contributed by atoms with van der Waals surface area (Å²) in [6.45, 7) is 5.50. The fraction of sp³-hybridized carbons (Fsp3) is 0.889. The molecule has 5 heteroatoms. The average molecular weight is 204 g/mol. The predicted molar refractivity (Wildman–Crippen MR) is 53.7 cm³/mol. The molecule has 1 atom stereocenters. The highest BCUT2D eigenvalue weighted by atomic mass is 16.7. The summed E-state index contributed by atoms with van der Waals surface area (Å²) in [7, 11) is 2.94. The summed E-state index contributed by atoms with van der Waals surface area (Å²) in [6, 6.07) is 0.111. The maximum absolute atomic E-state index is 11.3. The van der Waals surface area contributed by atoms with Crippen LogP contribution in [-0.2, 0) is 14.3 Å². The van der Waals surface area contributed by atoms with Gasteiger partial charge in [-0.05, 0) is 20.8 Å². The van der Waals surface area contributed by atoms with Crippen LogP contribution in [0.3, 0.4) is 0 Å². The molecule has 14 heavy (non-hydrogen) atoms. The van der Waals surface area contributed by atoms with Crippen molar-refractivity contribution in [1.29, 1.82) is 0 Å². The van der Waals surface area contributed by atoms with Gasteiger partial charge >= 0.3 is 0 Å². The molecule has 0 aromatic heterocycles. The van der Waals surface area contributed by atoms with Gasteiger partial charge in [-0.3, -0.25) is 10.1 Å². The lowest BCUT2D eigenvalue weighted by atomic mass is 9.99. The number of methoxy groups -OCH3 is 2. The van der Waals surface area contributed by atoms with Crippen molar-refractivity contribution in [3.8, 4) is 0 Å². The fourth-order valence-electron chi connectivity index (χ4n) is 1.42. The lowest BCUT2D eigenvalue weighted by molar-refractivity contribution is -0.166. The number of carbonyl (C=O) groups excluding carboxylic acids is 1. The molecule has 0 aromatic carbocycles. The van der Waals surface area contributed by atoms with Crippen LogP contribution < -0.4 is 11.1 Å². The van der Waals surface area contributed by atoms with Gasteiger partial charge in [0.15, 0.2) is 6.29 Å². The number of ether oxygens (including phenoxy) is 2. The number of primary amides is 1. The number of hydrogen-bond donors (Lipinski definition) is 2. The molecule has 3 N–H and O–H groups in total. The second kappa shape index (κ2) is 5.29. The quantitative estimate of drug-likeness (QED) is 0.590. The highest BCUT2D eigenvalue weighted by molar-refractivity contribution is 5.84. The van der Waals surface area contributed by atoms with E-state index >= 15 is 0 Å². The van der Waals surface area contributed by atoms with Gasteiger partial charge in [-0.1, -0.05) is 0 Å². The Balaban J connectivity index is 4.77. The summed E-state index contributed by atoms with van der Waals surface area (Å²) in [6.07, 6.45) is -0.692. The second-order valence-electron chi connectivity index (χ2n) is 3.67. The van der Waals surface area contributed by atoms with Gasteiger partial charge in [0.25, 0.3) is 0 Å². The van der Waals surface area contributed by atoms with Crippen LogP contribution >= 0.6 is 0 Å². The largest absolute Gasteiger partial charge is 0.368 e. The summed E-state index contributed by atoms with van der Waals surface area (Å²) in [5, 5.41) is 3.03. The van der Waals surface area contributed by atoms with E-state index in [1.165, 1.54) is 14.2 Å². The number of nitrogens with one attached hydrogen (secondary N) is 1. The molecular formula is C9H20N2O3. The van der Waals surface area contributed by atoms with Crippen LogP contribution in [0.1, 0.15) is 20.8 Å². The van der Waals surface area contributed by atoms with Crippen molar-refractivity contribution in [2.45, 2.75) is 38.6 Å². The highest BCUT2D eigenvalue weighted by Gasteiger charge is 2.41. The van der Waals surface area contributed by atoms with Crippen LogP contribution in [0.15, 0.2) is 0 Å². The van der Waals surface area contributed by atoms with Crippen molar-refractivity contribution in [3.63, 3.8) is 0 Å². The normalized spacial score (nSPS) is 15.9. The zero-order chi connectivity index (χ0) is 11.4. The maximum Gasteiger partial charge on any atom is 0.242 e. The van der Waals surface area contributed by atoms with Crippen LogP contribution in [0.5, 0.6) is 0 Å². The van der Waals surface area contributed by atoms with Crippen molar-refractivity contribution in [3.05, 3.63) is 0 Å². The fourth-order valence-corrected chi connectivity index (χ4v) is 1.42. The predicted octanol–water partition coefficient (Wildman–Crippen LogP) is -0.153. The molecule has 0 spiro atoms. The third-order valence-electron chi connectivity index (χ3n) is 2.00. The number of nitrogens with two attached hydrogens (primary N) is 1. The summed E-state index contributed by atoms with van der Waals surface area (Å²) < 4.78 is 10.1. The first-order valence-electron chi connectivity index (χ1n) is 4.51. The summed E-state index contributed by atoms with van der Waals surface area (Å²) in [5.41, 5.74) is 4.29. The Morgan fingerprint density at radius 2 is 1.79 bits per heavy atom. The van der Waals surface area contributed by atoms with E-state index in [4.69, 9.17) is 15.2 Å². The van der Waals surface area contributed by atoms with E-state index in [1.807, 2.05) is 13.8 Å². The summed E-state index contributed by atoms with van der Waals surface area (Å²) >= 11 is 0. The molecule has 0 aliphatic carbocycles. The Bertz CT molecular complexity index is 192. The molecule has 84 valence electrons. The van der Waals surface area contributed by atoms with Crippen LogP contribution in [0, 0.1) is 0 Å². The molecule has 0 bridgehead atoms. The lowest BCUT2D eigenvalue weighted by Crippen LogP contribution is -2.63. The van der Waals surface area contributed by atoms with E-state index in [0.717, 1.165) is 0 Å². The van der Waals surface area contributed by atoms with Gasteiger partial charge in [0.05, 0.1) is 0 Å². The number of rotatable bonds is 6. The van der Waals surface area contributed by atoms with Gasteiger partial charge in [-0.15, -0.1) is 0 Å². The van der Waals surface area contributed by atoms with Gasteiger partial charge in [-0.25, -0.2) is 0 Å². The third-order valence-corrected chi connectivity index (χ3v) is 2.00.